The van der Waals surface area contributed by atoms with Crippen LogP contribution in [0.4, 0.5) is 0 Å². The maximum atomic E-state index is 8.81. The van der Waals surface area contributed by atoms with E-state index in [9.17, 15) is 0 Å². The van der Waals surface area contributed by atoms with Gasteiger partial charge in [0.05, 0.1) is 17.3 Å². The number of hydrogen-bond donors (Lipinski definition) is 0. The first-order valence-corrected chi connectivity index (χ1v) is 7.04. The predicted molar refractivity (Wildman–Crippen MR) is 80.2 cm³/mol. The smallest absolute Gasteiger partial charge is 0.142 e. The van der Waals surface area contributed by atoms with E-state index in [1.807, 2.05) is 36.6 Å². The van der Waals surface area contributed by atoms with Crippen LogP contribution in [0.25, 0.3) is 22.0 Å². The first-order chi connectivity index (χ1) is 9.78. The number of benzene rings is 1. The number of thiazole rings is 1. The average molecular weight is 277 g/mol. The highest BCUT2D eigenvalue weighted by Gasteiger charge is 2.09. The zero-order valence-electron chi connectivity index (χ0n) is 10.9. The van der Waals surface area contributed by atoms with Crippen LogP contribution in [-0.4, -0.2) is 9.97 Å². The van der Waals surface area contributed by atoms with Gasteiger partial charge in [-0.25, -0.2) is 4.98 Å². The molecule has 0 aliphatic carbocycles. The van der Waals surface area contributed by atoms with Crippen LogP contribution in [-0.2, 0) is 0 Å². The Morgan fingerprint density at radius 2 is 1.95 bits per heavy atom. The first-order valence-electron chi connectivity index (χ1n) is 6.16. The third-order valence-corrected chi connectivity index (χ3v) is 3.87. The Kier molecular flexibility index (Phi) is 3.28. The maximum absolute atomic E-state index is 8.81. The van der Waals surface area contributed by atoms with Crippen LogP contribution >= 0.6 is 11.3 Å². The summed E-state index contributed by atoms with van der Waals surface area (Å²) < 4.78 is 0. The predicted octanol–water partition coefficient (Wildman–Crippen LogP) is 4.05. The summed E-state index contributed by atoms with van der Waals surface area (Å²) >= 11 is 1.58. The lowest BCUT2D eigenvalue weighted by molar-refractivity contribution is 1.25. The minimum absolute atomic E-state index is 0.657. The summed E-state index contributed by atoms with van der Waals surface area (Å²) in [7, 11) is 0. The van der Waals surface area contributed by atoms with Crippen molar-refractivity contribution in [2.24, 2.45) is 0 Å². The highest BCUT2D eigenvalue weighted by atomic mass is 32.1. The number of hydrogen-bond acceptors (Lipinski definition) is 4. The van der Waals surface area contributed by atoms with Crippen molar-refractivity contribution in [1.82, 2.24) is 9.97 Å². The van der Waals surface area contributed by atoms with Crippen molar-refractivity contribution in [3.05, 3.63) is 59.1 Å². The van der Waals surface area contributed by atoms with Gasteiger partial charge in [-0.1, -0.05) is 18.2 Å². The van der Waals surface area contributed by atoms with Gasteiger partial charge in [-0.05, 0) is 30.7 Å². The monoisotopic (exact) mass is 277 g/mol. The maximum Gasteiger partial charge on any atom is 0.142 e. The molecule has 0 bridgehead atoms. The lowest BCUT2D eigenvalue weighted by Crippen LogP contribution is -1.86. The van der Waals surface area contributed by atoms with E-state index in [0.717, 1.165) is 27.5 Å². The summed E-state index contributed by atoms with van der Waals surface area (Å²) in [4.78, 5) is 9.03. The molecule has 96 valence electrons. The Morgan fingerprint density at radius 3 is 2.65 bits per heavy atom. The lowest BCUT2D eigenvalue weighted by atomic mass is 10.1. The van der Waals surface area contributed by atoms with Gasteiger partial charge >= 0.3 is 0 Å². The molecule has 2 heterocycles. The van der Waals surface area contributed by atoms with Crippen LogP contribution in [0.15, 0.2) is 48.0 Å². The van der Waals surface area contributed by atoms with Crippen LogP contribution < -0.4 is 0 Å². The van der Waals surface area contributed by atoms with Crippen LogP contribution in [0, 0.1) is 18.3 Å². The highest BCUT2D eigenvalue weighted by Crippen LogP contribution is 2.29. The average Bonchev–Trinajstić information content (AvgIpc) is 2.97. The molecule has 20 heavy (non-hydrogen) atoms. The van der Waals surface area contributed by atoms with E-state index in [1.165, 1.54) is 0 Å². The molecule has 0 atom stereocenters. The lowest BCUT2D eigenvalue weighted by Gasteiger charge is -1.99. The zero-order chi connectivity index (χ0) is 13.9. The molecule has 0 saturated heterocycles. The Labute approximate surface area is 121 Å². The number of rotatable bonds is 2. The Bertz CT molecular complexity index is 782. The second kappa shape index (κ2) is 5.24. The Morgan fingerprint density at radius 1 is 1.15 bits per heavy atom. The third kappa shape index (κ3) is 2.31. The highest BCUT2D eigenvalue weighted by molar-refractivity contribution is 7.13. The molecule has 0 spiro atoms. The molecule has 0 amide bonds. The molecular weight excluding hydrogens is 266 g/mol. The van der Waals surface area contributed by atoms with Crippen LogP contribution in [0.3, 0.4) is 0 Å². The fourth-order valence-electron chi connectivity index (χ4n) is 1.94. The molecule has 0 saturated carbocycles. The van der Waals surface area contributed by atoms with Gasteiger partial charge in [0, 0.05) is 17.1 Å². The summed E-state index contributed by atoms with van der Waals surface area (Å²) in [5.74, 6) is 0. The molecule has 0 aliphatic heterocycles. The van der Waals surface area contributed by atoms with E-state index in [2.05, 4.69) is 16.0 Å². The number of pyridine rings is 1. The summed E-state index contributed by atoms with van der Waals surface area (Å²) in [6, 6.07) is 13.5. The Balaban J connectivity index is 1.98. The van der Waals surface area contributed by atoms with Crippen molar-refractivity contribution >= 4 is 11.3 Å². The summed E-state index contributed by atoms with van der Waals surface area (Å²) in [5, 5.41) is 11.7. The van der Waals surface area contributed by atoms with Gasteiger partial charge in [-0.15, -0.1) is 11.3 Å². The molecule has 3 aromatic rings. The van der Waals surface area contributed by atoms with Gasteiger partial charge in [-0.2, -0.15) is 5.26 Å². The molecule has 0 radical (unpaired) electrons. The Hall–Kier alpha value is -2.51. The van der Waals surface area contributed by atoms with Crippen LogP contribution in [0.1, 0.15) is 11.1 Å². The van der Waals surface area contributed by atoms with Gasteiger partial charge in [0.1, 0.15) is 10.7 Å². The molecule has 0 unspecified atom stereocenters. The molecular formula is C16H11N3S. The third-order valence-electron chi connectivity index (χ3n) is 3.03. The van der Waals surface area contributed by atoms with Crippen molar-refractivity contribution in [2.45, 2.75) is 6.92 Å². The van der Waals surface area contributed by atoms with Gasteiger partial charge in [0.15, 0.2) is 0 Å². The number of nitriles is 1. The summed E-state index contributed by atoms with van der Waals surface area (Å²) in [5.41, 5.74) is 4.63. The fourth-order valence-corrected chi connectivity index (χ4v) is 2.83. The summed E-state index contributed by atoms with van der Waals surface area (Å²) in [6.45, 7) is 2.03. The standard InChI is InChI=1S/C16H11N3S/c1-11-3-2-8-18-15(11)16-19-14(10-20-16)13-6-4-12(9-17)5-7-13/h2-8,10H,1H3. The van der Waals surface area contributed by atoms with Gasteiger partial charge < -0.3 is 0 Å². The molecule has 1 aromatic carbocycles. The quantitative estimate of drug-likeness (QED) is 0.710. The second-order valence-corrected chi connectivity index (χ2v) is 5.25. The topological polar surface area (TPSA) is 49.6 Å². The molecule has 4 heteroatoms. The first kappa shape index (κ1) is 12.5. The van der Waals surface area contributed by atoms with Crippen molar-refractivity contribution in [3.8, 4) is 28.0 Å². The van der Waals surface area contributed by atoms with E-state index in [0.29, 0.717) is 5.56 Å². The van der Waals surface area contributed by atoms with E-state index in [-0.39, 0.29) is 0 Å². The molecule has 3 nitrogen and oxygen atoms in total. The van der Waals surface area contributed by atoms with E-state index >= 15 is 0 Å². The van der Waals surface area contributed by atoms with E-state index in [1.54, 1.807) is 29.7 Å². The van der Waals surface area contributed by atoms with Crippen molar-refractivity contribution in [1.29, 1.82) is 5.26 Å². The van der Waals surface area contributed by atoms with E-state index < -0.39 is 0 Å². The summed E-state index contributed by atoms with van der Waals surface area (Å²) in [6.07, 6.45) is 1.78. The van der Waals surface area contributed by atoms with Crippen molar-refractivity contribution in [2.75, 3.05) is 0 Å². The van der Waals surface area contributed by atoms with Crippen molar-refractivity contribution in [3.63, 3.8) is 0 Å². The van der Waals surface area contributed by atoms with Crippen molar-refractivity contribution < 1.29 is 0 Å². The van der Waals surface area contributed by atoms with Gasteiger partial charge in [-0.3, -0.25) is 4.98 Å². The normalized spacial score (nSPS) is 10.2. The van der Waals surface area contributed by atoms with Crippen LogP contribution in [0.5, 0.6) is 0 Å². The number of aryl methyl sites for hydroxylation is 1. The minimum Gasteiger partial charge on any atom is -0.253 e. The fraction of sp³-hybridized carbons (Fsp3) is 0.0625. The van der Waals surface area contributed by atoms with Crippen LogP contribution in [0.2, 0.25) is 0 Å². The second-order valence-electron chi connectivity index (χ2n) is 4.40. The van der Waals surface area contributed by atoms with Gasteiger partial charge in [0.25, 0.3) is 0 Å². The van der Waals surface area contributed by atoms with Gasteiger partial charge in [0.2, 0.25) is 0 Å². The SMILES string of the molecule is Cc1cccnc1-c1nc(-c2ccc(C#N)cc2)cs1. The minimum atomic E-state index is 0.657. The number of aromatic nitrogens is 2. The molecule has 3 rings (SSSR count). The molecule has 0 N–H and O–H groups in total. The zero-order valence-corrected chi connectivity index (χ0v) is 11.7. The molecule has 0 fully saturated rings. The molecule has 2 aromatic heterocycles. The molecule has 0 aliphatic rings. The van der Waals surface area contributed by atoms with E-state index in [4.69, 9.17) is 5.26 Å². The number of nitrogens with zero attached hydrogens (tertiary/aromatic N) is 3. The largest absolute Gasteiger partial charge is 0.253 e.